The largest absolute Gasteiger partial charge is 0.336 e. The van der Waals surface area contributed by atoms with Crippen molar-refractivity contribution in [1.82, 2.24) is 15.2 Å². The van der Waals surface area contributed by atoms with E-state index in [2.05, 4.69) is 10.3 Å². The quantitative estimate of drug-likeness (QED) is 0.632. The summed E-state index contributed by atoms with van der Waals surface area (Å²) in [6, 6.07) is 3.49. The van der Waals surface area contributed by atoms with E-state index < -0.39 is 0 Å². The fraction of sp³-hybridized carbons (Fsp3) is 0.400. The Morgan fingerprint density at radius 2 is 1.86 bits per heavy atom. The molecule has 1 amide bonds. The van der Waals surface area contributed by atoms with E-state index in [-0.39, 0.29) is 5.91 Å². The molecular weight excluding hydrogens is 178 g/mol. The van der Waals surface area contributed by atoms with E-state index in [9.17, 15) is 4.79 Å². The fourth-order valence-corrected chi connectivity index (χ4v) is 1.49. The number of amides is 1. The molecule has 1 fully saturated rings. The maximum Gasteiger partial charge on any atom is 0.254 e. The van der Waals surface area contributed by atoms with E-state index in [1.54, 1.807) is 24.5 Å². The third kappa shape index (κ3) is 1.90. The molecule has 4 heteroatoms. The topological polar surface area (TPSA) is 47.3 Å². The fourth-order valence-electron chi connectivity index (χ4n) is 1.49. The lowest BCUT2D eigenvalue weighted by Crippen LogP contribution is -2.43. The molecule has 1 aliphatic rings. The first kappa shape index (κ1) is 9.15. The third-order valence-corrected chi connectivity index (χ3v) is 2.27. The van der Waals surface area contributed by atoms with Crippen LogP contribution < -0.4 is 5.32 Å². The van der Waals surface area contributed by atoms with Gasteiger partial charge in [0.05, 0.1) is 0 Å². The molecule has 4 nitrogen and oxygen atoms in total. The minimum atomic E-state index is 0.0855. The lowest BCUT2D eigenvalue weighted by molar-refractivity contribution is 0.0734. The number of aromatic nitrogens is 1. The number of carbonyl (C=O) groups excluding carboxylic acids is 1. The van der Waals surface area contributed by atoms with Crippen molar-refractivity contribution in [3.63, 3.8) is 0 Å². The van der Waals surface area contributed by atoms with Crippen molar-refractivity contribution >= 4 is 5.91 Å². The second kappa shape index (κ2) is 4.19. The number of hydrogen-bond acceptors (Lipinski definition) is 2. The van der Waals surface area contributed by atoms with E-state index in [4.69, 9.17) is 0 Å². The van der Waals surface area contributed by atoms with Crippen LogP contribution in [0.15, 0.2) is 24.5 Å². The van der Waals surface area contributed by atoms with Gasteiger partial charge in [0.1, 0.15) is 0 Å². The molecule has 1 aromatic rings. The average molecular weight is 190 g/mol. The molecule has 1 radical (unpaired) electrons. The molecule has 1 aromatic heterocycles. The standard InChI is InChI=1S/C10H12N3O/c14-10(9-1-3-11-4-2-9)13-7-5-12-6-8-13/h1-4H,5-8H2. The Morgan fingerprint density at radius 3 is 2.50 bits per heavy atom. The number of rotatable bonds is 1. The molecule has 2 rings (SSSR count). The maximum atomic E-state index is 11.9. The van der Waals surface area contributed by atoms with Gasteiger partial charge < -0.3 is 4.90 Å². The zero-order valence-electron chi connectivity index (χ0n) is 7.89. The van der Waals surface area contributed by atoms with Crippen molar-refractivity contribution in [1.29, 1.82) is 0 Å². The highest BCUT2D eigenvalue weighted by Gasteiger charge is 2.17. The van der Waals surface area contributed by atoms with Crippen LogP contribution in [0.25, 0.3) is 0 Å². The van der Waals surface area contributed by atoms with Crippen LogP contribution in [-0.2, 0) is 0 Å². The average Bonchev–Trinajstić information content (AvgIpc) is 2.30. The Balaban J connectivity index is 2.07. The van der Waals surface area contributed by atoms with Crippen LogP contribution in [0.2, 0.25) is 0 Å². The summed E-state index contributed by atoms with van der Waals surface area (Å²) in [5.74, 6) is 0.0855. The van der Waals surface area contributed by atoms with Gasteiger partial charge in [0, 0.05) is 44.1 Å². The van der Waals surface area contributed by atoms with Crippen LogP contribution in [0, 0.1) is 0 Å². The van der Waals surface area contributed by atoms with Gasteiger partial charge in [-0.3, -0.25) is 9.78 Å². The highest BCUT2D eigenvalue weighted by Crippen LogP contribution is 2.04. The summed E-state index contributed by atoms with van der Waals surface area (Å²) in [5.41, 5.74) is 0.710. The van der Waals surface area contributed by atoms with Crippen molar-refractivity contribution in [2.24, 2.45) is 0 Å². The predicted octanol–water partition coefficient (Wildman–Crippen LogP) is 0.142. The van der Waals surface area contributed by atoms with Gasteiger partial charge in [-0.05, 0) is 12.1 Å². The van der Waals surface area contributed by atoms with Crippen molar-refractivity contribution < 1.29 is 4.79 Å². The molecule has 0 saturated carbocycles. The zero-order chi connectivity index (χ0) is 9.80. The molecular formula is C10H12N3O. The summed E-state index contributed by atoms with van der Waals surface area (Å²) in [4.78, 5) is 17.6. The highest BCUT2D eigenvalue weighted by atomic mass is 16.2. The minimum Gasteiger partial charge on any atom is -0.336 e. The monoisotopic (exact) mass is 190 g/mol. The lowest BCUT2D eigenvalue weighted by Gasteiger charge is -2.26. The van der Waals surface area contributed by atoms with E-state index in [0.29, 0.717) is 5.56 Å². The number of hydrogen-bond donors (Lipinski definition) is 0. The molecule has 2 heterocycles. The van der Waals surface area contributed by atoms with Gasteiger partial charge in [-0.15, -0.1) is 0 Å². The number of nitrogens with zero attached hydrogens (tertiary/aromatic N) is 3. The first-order valence-electron chi connectivity index (χ1n) is 4.70. The van der Waals surface area contributed by atoms with Gasteiger partial charge in [0.15, 0.2) is 0 Å². The smallest absolute Gasteiger partial charge is 0.254 e. The number of piperazine rings is 1. The van der Waals surface area contributed by atoms with Gasteiger partial charge in [0.25, 0.3) is 5.91 Å². The molecule has 0 bridgehead atoms. The van der Waals surface area contributed by atoms with Crippen LogP contribution in [0.4, 0.5) is 0 Å². The lowest BCUT2D eigenvalue weighted by atomic mass is 10.2. The Morgan fingerprint density at radius 1 is 1.21 bits per heavy atom. The van der Waals surface area contributed by atoms with Crippen molar-refractivity contribution in [2.75, 3.05) is 26.2 Å². The molecule has 0 aliphatic carbocycles. The number of pyridine rings is 1. The van der Waals surface area contributed by atoms with Gasteiger partial charge in [0.2, 0.25) is 0 Å². The van der Waals surface area contributed by atoms with E-state index in [0.717, 1.165) is 26.2 Å². The summed E-state index contributed by atoms with van der Waals surface area (Å²) < 4.78 is 0. The first-order valence-corrected chi connectivity index (χ1v) is 4.70. The Hall–Kier alpha value is -1.42. The molecule has 0 aromatic carbocycles. The van der Waals surface area contributed by atoms with Crippen molar-refractivity contribution in [3.05, 3.63) is 30.1 Å². The van der Waals surface area contributed by atoms with Crippen LogP contribution in [-0.4, -0.2) is 42.0 Å². The molecule has 0 N–H and O–H groups in total. The summed E-state index contributed by atoms with van der Waals surface area (Å²) in [5, 5.41) is 4.20. The van der Waals surface area contributed by atoms with Crippen molar-refractivity contribution in [2.45, 2.75) is 0 Å². The second-order valence-electron chi connectivity index (χ2n) is 3.20. The van der Waals surface area contributed by atoms with E-state index in [1.807, 2.05) is 4.90 Å². The summed E-state index contributed by atoms with van der Waals surface area (Å²) in [6.45, 7) is 3.00. The van der Waals surface area contributed by atoms with E-state index in [1.165, 1.54) is 0 Å². The number of carbonyl (C=O) groups is 1. The molecule has 0 spiro atoms. The summed E-state index contributed by atoms with van der Waals surface area (Å²) in [6.07, 6.45) is 3.28. The van der Waals surface area contributed by atoms with Crippen molar-refractivity contribution in [3.8, 4) is 0 Å². The van der Waals surface area contributed by atoms with Crippen LogP contribution in [0.1, 0.15) is 10.4 Å². The van der Waals surface area contributed by atoms with Crippen LogP contribution in [0.5, 0.6) is 0 Å². The summed E-state index contributed by atoms with van der Waals surface area (Å²) in [7, 11) is 0. The third-order valence-electron chi connectivity index (χ3n) is 2.27. The Kier molecular flexibility index (Phi) is 2.74. The molecule has 1 aliphatic heterocycles. The molecule has 73 valence electrons. The summed E-state index contributed by atoms with van der Waals surface area (Å²) >= 11 is 0. The first-order chi connectivity index (χ1) is 6.88. The van der Waals surface area contributed by atoms with Gasteiger partial charge in [-0.25, -0.2) is 5.32 Å². The maximum absolute atomic E-state index is 11.9. The van der Waals surface area contributed by atoms with Gasteiger partial charge >= 0.3 is 0 Å². The Bertz CT molecular complexity index is 306. The molecule has 0 unspecified atom stereocenters. The minimum absolute atomic E-state index is 0.0855. The van der Waals surface area contributed by atoms with Gasteiger partial charge in [-0.1, -0.05) is 0 Å². The SMILES string of the molecule is O=C(c1ccncc1)N1CC[N]CC1. The van der Waals surface area contributed by atoms with Crippen LogP contribution in [0.3, 0.4) is 0 Å². The van der Waals surface area contributed by atoms with Crippen LogP contribution >= 0.6 is 0 Å². The van der Waals surface area contributed by atoms with E-state index >= 15 is 0 Å². The normalized spacial score (nSPS) is 16.7. The predicted molar refractivity (Wildman–Crippen MR) is 52.0 cm³/mol. The molecule has 14 heavy (non-hydrogen) atoms. The molecule has 1 saturated heterocycles. The zero-order valence-corrected chi connectivity index (χ0v) is 7.89. The highest BCUT2D eigenvalue weighted by molar-refractivity contribution is 5.94. The van der Waals surface area contributed by atoms with Gasteiger partial charge in [-0.2, -0.15) is 0 Å². The second-order valence-corrected chi connectivity index (χ2v) is 3.20. The Labute approximate surface area is 82.9 Å². The molecule has 0 atom stereocenters.